The van der Waals surface area contributed by atoms with Crippen LogP contribution in [0, 0.1) is 12.7 Å². The van der Waals surface area contributed by atoms with Gasteiger partial charge in [0.25, 0.3) is 10.0 Å². The Morgan fingerprint density at radius 1 is 0.840 bits per heavy atom. The van der Waals surface area contributed by atoms with E-state index in [0.29, 0.717) is 5.69 Å². The van der Waals surface area contributed by atoms with Crippen LogP contribution in [0.15, 0.2) is 83.8 Å². The van der Waals surface area contributed by atoms with Crippen molar-refractivity contribution >= 4 is 15.7 Å². The molecule has 0 atom stereocenters. The van der Waals surface area contributed by atoms with E-state index in [1.165, 1.54) is 28.6 Å². The fraction of sp³-hybridized carbons (Fsp3) is 0.100. The van der Waals surface area contributed by atoms with Crippen molar-refractivity contribution in [2.24, 2.45) is 0 Å². The van der Waals surface area contributed by atoms with Crippen LogP contribution in [0.2, 0.25) is 0 Å². The van der Waals surface area contributed by atoms with Crippen LogP contribution >= 0.6 is 0 Å². The molecule has 0 heterocycles. The van der Waals surface area contributed by atoms with Gasteiger partial charge in [-0.3, -0.25) is 4.31 Å². The molecule has 3 nitrogen and oxygen atoms in total. The Kier molecular flexibility index (Phi) is 4.86. The van der Waals surface area contributed by atoms with Crippen molar-refractivity contribution in [1.29, 1.82) is 0 Å². The normalized spacial score (nSPS) is 11.3. The Morgan fingerprint density at radius 3 is 2.04 bits per heavy atom. The number of sulfonamides is 1. The highest BCUT2D eigenvalue weighted by molar-refractivity contribution is 7.92. The van der Waals surface area contributed by atoms with E-state index < -0.39 is 15.8 Å². The summed E-state index contributed by atoms with van der Waals surface area (Å²) >= 11 is 0. The van der Waals surface area contributed by atoms with Crippen LogP contribution in [0.4, 0.5) is 10.1 Å². The van der Waals surface area contributed by atoms with E-state index in [2.05, 4.69) is 0 Å². The quantitative estimate of drug-likeness (QED) is 0.674. The van der Waals surface area contributed by atoms with E-state index in [1.54, 1.807) is 30.3 Å². The zero-order valence-corrected chi connectivity index (χ0v) is 14.6. The monoisotopic (exact) mass is 355 g/mol. The smallest absolute Gasteiger partial charge is 0.262 e. The average molecular weight is 355 g/mol. The summed E-state index contributed by atoms with van der Waals surface area (Å²) in [5, 5.41) is 0. The van der Waals surface area contributed by atoms with Crippen LogP contribution in [0.25, 0.3) is 0 Å². The molecule has 0 N–H and O–H groups in total. The lowest BCUT2D eigenvalue weighted by Gasteiger charge is -2.25. The predicted molar refractivity (Wildman–Crippen MR) is 97.4 cm³/mol. The maximum atomic E-state index is 13.3. The van der Waals surface area contributed by atoms with Gasteiger partial charge < -0.3 is 0 Å². The molecule has 0 amide bonds. The highest BCUT2D eigenvalue weighted by Crippen LogP contribution is 2.26. The van der Waals surface area contributed by atoms with Gasteiger partial charge in [0, 0.05) is 0 Å². The lowest BCUT2D eigenvalue weighted by atomic mass is 10.1. The Bertz CT molecular complexity index is 937. The Balaban J connectivity index is 2.05. The number of anilines is 1. The first-order valence-corrected chi connectivity index (χ1v) is 9.30. The Morgan fingerprint density at radius 2 is 1.44 bits per heavy atom. The molecule has 0 bridgehead atoms. The summed E-state index contributed by atoms with van der Waals surface area (Å²) in [7, 11) is -3.76. The summed E-state index contributed by atoms with van der Waals surface area (Å²) in [4.78, 5) is 0.200. The van der Waals surface area contributed by atoms with Gasteiger partial charge in [0.15, 0.2) is 0 Å². The molecule has 3 rings (SSSR count). The van der Waals surface area contributed by atoms with Gasteiger partial charge in [-0.05, 0) is 48.9 Å². The zero-order chi connectivity index (χ0) is 17.9. The van der Waals surface area contributed by atoms with Crippen LogP contribution in [0.1, 0.15) is 11.1 Å². The lowest BCUT2D eigenvalue weighted by molar-refractivity contribution is 0.590. The van der Waals surface area contributed by atoms with E-state index in [4.69, 9.17) is 0 Å². The largest absolute Gasteiger partial charge is 0.264 e. The van der Waals surface area contributed by atoms with Crippen LogP contribution in [0.3, 0.4) is 0 Å². The van der Waals surface area contributed by atoms with Crippen molar-refractivity contribution in [1.82, 2.24) is 0 Å². The van der Waals surface area contributed by atoms with E-state index in [9.17, 15) is 12.8 Å². The number of aryl methyl sites for hydroxylation is 1. The molecule has 0 fully saturated rings. The molecule has 0 aliphatic heterocycles. The van der Waals surface area contributed by atoms with Crippen LogP contribution in [-0.2, 0) is 16.6 Å². The molecule has 0 saturated heterocycles. The van der Waals surface area contributed by atoms with E-state index in [1.807, 2.05) is 31.2 Å². The second-order valence-corrected chi connectivity index (χ2v) is 7.65. The van der Waals surface area contributed by atoms with Gasteiger partial charge in [0.1, 0.15) is 5.82 Å². The first-order chi connectivity index (χ1) is 12.0. The highest BCUT2D eigenvalue weighted by Gasteiger charge is 2.25. The molecule has 3 aromatic rings. The molecule has 128 valence electrons. The maximum Gasteiger partial charge on any atom is 0.264 e. The number of nitrogens with zero attached hydrogens (tertiary/aromatic N) is 1. The number of halogens is 1. The molecule has 5 heteroatoms. The fourth-order valence-electron chi connectivity index (χ4n) is 2.50. The minimum atomic E-state index is -3.76. The maximum absolute atomic E-state index is 13.3. The molecule has 25 heavy (non-hydrogen) atoms. The van der Waals surface area contributed by atoms with Gasteiger partial charge in [-0.15, -0.1) is 0 Å². The first-order valence-electron chi connectivity index (χ1n) is 7.86. The molecule has 0 aliphatic carbocycles. The van der Waals surface area contributed by atoms with Gasteiger partial charge >= 0.3 is 0 Å². The summed E-state index contributed by atoms with van der Waals surface area (Å²) < 4.78 is 40.8. The standard InChI is InChI=1S/C20H18FNO2S/c1-16-7-9-17(10-8-16)15-22(19-13-11-18(21)12-14-19)25(23,24)20-5-3-2-4-6-20/h2-14H,15H2,1H3. The van der Waals surface area contributed by atoms with Crippen LogP contribution < -0.4 is 4.31 Å². The summed E-state index contributed by atoms with van der Waals surface area (Å²) in [6, 6.07) is 21.4. The van der Waals surface area contributed by atoms with Gasteiger partial charge in [-0.25, -0.2) is 12.8 Å². The van der Waals surface area contributed by atoms with Crippen molar-refractivity contribution in [3.63, 3.8) is 0 Å². The third-order valence-corrected chi connectivity index (χ3v) is 5.68. The summed E-state index contributed by atoms with van der Waals surface area (Å²) in [6.45, 7) is 2.14. The number of rotatable bonds is 5. The predicted octanol–water partition coefficient (Wildman–Crippen LogP) is 4.53. The molecule has 0 unspecified atom stereocenters. The van der Waals surface area contributed by atoms with E-state index in [0.717, 1.165) is 11.1 Å². The molecule has 0 aromatic heterocycles. The number of hydrogen-bond donors (Lipinski definition) is 0. The third kappa shape index (κ3) is 3.88. The first kappa shape index (κ1) is 17.2. The number of benzene rings is 3. The van der Waals surface area contributed by atoms with Crippen LogP contribution in [-0.4, -0.2) is 8.42 Å². The van der Waals surface area contributed by atoms with Gasteiger partial charge in [-0.2, -0.15) is 0 Å². The Hall–Kier alpha value is -2.66. The molecular formula is C20H18FNO2S. The summed E-state index contributed by atoms with van der Waals surface area (Å²) in [5.41, 5.74) is 2.38. The molecule has 0 saturated carbocycles. The van der Waals surface area contributed by atoms with Gasteiger partial charge in [0.05, 0.1) is 17.1 Å². The van der Waals surface area contributed by atoms with E-state index >= 15 is 0 Å². The SMILES string of the molecule is Cc1ccc(CN(c2ccc(F)cc2)S(=O)(=O)c2ccccc2)cc1. The molecule has 0 radical (unpaired) electrons. The average Bonchev–Trinajstić information content (AvgIpc) is 2.63. The molecule has 0 spiro atoms. The molecular weight excluding hydrogens is 337 g/mol. The zero-order valence-electron chi connectivity index (χ0n) is 13.8. The van der Waals surface area contributed by atoms with Crippen LogP contribution in [0.5, 0.6) is 0 Å². The second kappa shape index (κ2) is 7.07. The number of hydrogen-bond acceptors (Lipinski definition) is 2. The fourth-order valence-corrected chi connectivity index (χ4v) is 3.98. The molecule has 3 aromatic carbocycles. The van der Waals surface area contributed by atoms with Gasteiger partial charge in [0.2, 0.25) is 0 Å². The lowest BCUT2D eigenvalue weighted by Crippen LogP contribution is -2.30. The van der Waals surface area contributed by atoms with Crippen molar-refractivity contribution in [2.75, 3.05) is 4.31 Å². The van der Waals surface area contributed by atoms with Crippen molar-refractivity contribution in [2.45, 2.75) is 18.4 Å². The van der Waals surface area contributed by atoms with Crippen molar-refractivity contribution in [3.05, 3.63) is 95.8 Å². The summed E-state index contributed by atoms with van der Waals surface area (Å²) in [6.07, 6.45) is 0. The summed E-state index contributed by atoms with van der Waals surface area (Å²) in [5.74, 6) is -0.406. The van der Waals surface area contributed by atoms with E-state index in [-0.39, 0.29) is 11.4 Å². The molecule has 0 aliphatic rings. The second-order valence-electron chi connectivity index (χ2n) is 5.79. The third-order valence-electron chi connectivity index (χ3n) is 3.89. The van der Waals surface area contributed by atoms with Crippen molar-refractivity contribution in [3.8, 4) is 0 Å². The highest BCUT2D eigenvalue weighted by atomic mass is 32.2. The Labute approximate surface area is 147 Å². The van der Waals surface area contributed by atoms with Gasteiger partial charge in [-0.1, -0.05) is 48.0 Å². The topological polar surface area (TPSA) is 37.4 Å². The minimum Gasteiger partial charge on any atom is -0.262 e. The minimum absolute atomic E-state index is 0.170. The van der Waals surface area contributed by atoms with Crippen molar-refractivity contribution < 1.29 is 12.8 Å².